The van der Waals surface area contributed by atoms with Gasteiger partial charge in [0.25, 0.3) is 5.91 Å². The maximum Gasteiger partial charge on any atom is 0.261 e. The second-order valence-corrected chi connectivity index (χ2v) is 13.3. The molecule has 0 aliphatic rings. The molecule has 4 atom stereocenters. The molecule has 0 saturated carbocycles. The molecule has 0 aromatic heterocycles. The van der Waals surface area contributed by atoms with Gasteiger partial charge in [0.15, 0.2) is 0 Å². The highest BCUT2D eigenvalue weighted by Crippen LogP contribution is 2.17. The van der Waals surface area contributed by atoms with Crippen LogP contribution in [0.1, 0.15) is 36.5 Å². The van der Waals surface area contributed by atoms with E-state index in [1.165, 1.54) is 26.1 Å². The number of hydrogen-bond acceptors (Lipinski definition) is 9. The summed E-state index contributed by atoms with van der Waals surface area (Å²) in [6.07, 6.45) is 0.0725. The summed E-state index contributed by atoms with van der Waals surface area (Å²) >= 11 is 0. The molecule has 0 aliphatic heterocycles. The fraction of sp³-hybridized carbons (Fsp3) is 0.300. The Labute approximate surface area is 329 Å². The molecule has 0 aliphatic carbocycles. The van der Waals surface area contributed by atoms with Gasteiger partial charge in [-0.05, 0) is 46.0 Å². The summed E-state index contributed by atoms with van der Waals surface area (Å²) in [6, 6.07) is 23.7. The molecule has 17 heteroatoms. The zero-order valence-electron chi connectivity index (χ0n) is 31.6. The Balaban J connectivity index is 1.49. The molecular weight excluding hydrogens is 734 g/mol. The topological polar surface area (TPSA) is 259 Å². The zero-order valence-corrected chi connectivity index (χ0v) is 31.6. The minimum absolute atomic E-state index is 0.0303. The summed E-state index contributed by atoms with van der Waals surface area (Å²) in [5.41, 5.74) is 13.1. The van der Waals surface area contributed by atoms with E-state index in [2.05, 4.69) is 37.1 Å². The molecule has 0 bridgehead atoms. The number of hydrogen-bond donors (Lipinski definition) is 8. The van der Waals surface area contributed by atoms with Crippen LogP contribution >= 0.6 is 0 Å². The summed E-state index contributed by atoms with van der Waals surface area (Å²) in [4.78, 5) is 80.5. The number of nitro groups is 1. The third-order valence-electron chi connectivity index (χ3n) is 8.85. The van der Waals surface area contributed by atoms with Gasteiger partial charge in [-0.15, -0.1) is 0 Å². The molecule has 0 saturated heterocycles. The van der Waals surface area contributed by atoms with Gasteiger partial charge in [-0.2, -0.15) is 0 Å². The molecule has 4 aromatic carbocycles. The second kappa shape index (κ2) is 21.2. The largest absolute Gasteiger partial charge is 0.508 e. The van der Waals surface area contributed by atoms with E-state index < -0.39 is 71.1 Å². The standard InChI is InChI=1S/C40H47N9O8/c1-25(50)43-34(23-27-15-18-31(51)19-16-27)38(54)45-35(22-26-9-4-3-5-10-26)39(55)47-48-40(41)46-32(13-8-20-49(56)57)37(53)44-33(36(52)42-2)24-28-14-17-29-11-6-7-12-30(29)21-28/h3-7,9-12,14-19,21,32-35,51H,8,13,20,22-24H2,1-2H3,(H,42,52)(H,43,50)(H,44,53)(H,45,54)(H,47,55)(H3,41,46,48)/t32-,33-,34-,35+/m0/s1. The highest BCUT2D eigenvalue weighted by atomic mass is 16.6. The fourth-order valence-electron chi connectivity index (χ4n) is 5.99. The van der Waals surface area contributed by atoms with Crippen LogP contribution in [0.25, 0.3) is 10.8 Å². The molecule has 4 aromatic rings. The summed E-state index contributed by atoms with van der Waals surface area (Å²) in [5.74, 6) is -3.48. The molecule has 5 amide bonds. The average Bonchev–Trinajstić information content (AvgIpc) is 3.19. The predicted octanol–water partition coefficient (Wildman–Crippen LogP) is 1.15. The number of hydrazine groups is 1. The van der Waals surface area contributed by atoms with E-state index in [1.54, 1.807) is 42.5 Å². The maximum absolute atomic E-state index is 13.6. The number of carbonyl (C=O) groups is 5. The molecule has 0 heterocycles. The summed E-state index contributed by atoms with van der Waals surface area (Å²) < 4.78 is 0. The van der Waals surface area contributed by atoms with E-state index in [9.17, 15) is 39.2 Å². The Kier molecular flexibility index (Phi) is 15.8. The van der Waals surface area contributed by atoms with Crippen molar-refractivity contribution in [3.8, 4) is 5.75 Å². The van der Waals surface area contributed by atoms with Crippen LogP contribution < -0.4 is 37.9 Å². The predicted molar refractivity (Wildman–Crippen MR) is 213 cm³/mol. The van der Waals surface area contributed by atoms with Crippen molar-refractivity contribution in [1.82, 2.24) is 32.1 Å². The molecule has 0 fully saturated rings. The molecule has 4 rings (SSSR count). The lowest BCUT2D eigenvalue weighted by Gasteiger charge is -2.23. The Morgan fingerprint density at radius 3 is 1.91 bits per heavy atom. The highest BCUT2D eigenvalue weighted by molar-refractivity contribution is 5.94. The lowest BCUT2D eigenvalue weighted by atomic mass is 10.0. The second-order valence-electron chi connectivity index (χ2n) is 13.3. The first-order chi connectivity index (χ1) is 27.3. The number of fused-ring (bicyclic) bond motifs is 1. The SMILES string of the molecule is CNC(=O)[C@H](Cc1ccc2ccccc2c1)NC(=O)[C@H](CCC[N+](=O)[O-])N=C(N)NNC(=O)[C@@H](Cc1ccccc1)NC(=O)[C@H](Cc1ccc(O)cc1)NC(C)=O. The number of amides is 5. The first-order valence-electron chi connectivity index (χ1n) is 18.2. The van der Waals surface area contributed by atoms with Gasteiger partial charge in [0.1, 0.15) is 29.9 Å². The number of aromatic hydroxyl groups is 1. The number of carbonyl (C=O) groups excluding carboxylic acids is 5. The first-order valence-corrected chi connectivity index (χ1v) is 18.2. The maximum atomic E-state index is 13.6. The van der Waals surface area contributed by atoms with Crippen LogP contribution in [0.4, 0.5) is 0 Å². The smallest absolute Gasteiger partial charge is 0.261 e. The van der Waals surface area contributed by atoms with Gasteiger partial charge < -0.3 is 32.1 Å². The van der Waals surface area contributed by atoms with Gasteiger partial charge in [0.05, 0.1) is 0 Å². The van der Waals surface area contributed by atoms with E-state index in [1.807, 2.05) is 42.5 Å². The van der Waals surface area contributed by atoms with Crippen molar-refractivity contribution in [2.45, 2.75) is 63.2 Å². The number of aliphatic imine (C=N–C) groups is 1. The fourth-order valence-corrected chi connectivity index (χ4v) is 5.99. The normalized spacial score (nSPS) is 13.3. The van der Waals surface area contributed by atoms with E-state index in [4.69, 9.17) is 5.73 Å². The number of phenols is 1. The number of guanidine groups is 1. The van der Waals surface area contributed by atoms with Gasteiger partial charge in [-0.3, -0.25) is 44.9 Å². The van der Waals surface area contributed by atoms with Gasteiger partial charge in [-0.1, -0.05) is 84.9 Å². The summed E-state index contributed by atoms with van der Waals surface area (Å²) in [6.45, 7) is 0.804. The molecule has 0 spiro atoms. The van der Waals surface area contributed by atoms with Crippen molar-refractivity contribution in [2.24, 2.45) is 10.7 Å². The minimum atomic E-state index is -1.30. The van der Waals surface area contributed by atoms with Crippen molar-refractivity contribution in [2.75, 3.05) is 13.6 Å². The van der Waals surface area contributed by atoms with E-state index in [0.29, 0.717) is 11.1 Å². The first kappa shape index (κ1) is 42.7. The monoisotopic (exact) mass is 781 g/mol. The molecular formula is C40H47N9O8. The summed E-state index contributed by atoms with van der Waals surface area (Å²) in [5, 5.41) is 33.2. The zero-order chi connectivity index (χ0) is 41.3. The molecule has 17 nitrogen and oxygen atoms in total. The highest BCUT2D eigenvalue weighted by Gasteiger charge is 2.28. The Morgan fingerprint density at radius 1 is 0.702 bits per heavy atom. The third-order valence-corrected chi connectivity index (χ3v) is 8.85. The number of phenolic OH excluding ortho intramolecular Hbond substituents is 1. The molecule has 9 N–H and O–H groups in total. The minimum Gasteiger partial charge on any atom is -0.508 e. The molecule has 57 heavy (non-hydrogen) atoms. The molecule has 300 valence electrons. The van der Waals surface area contributed by atoms with Crippen LogP contribution in [0.15, 0.2) is 102 Å². The summed E-state index contributed by atoms with van der Waals surface area (Å²) in [7, 11) is 1.43. The van der Waals surface area contributed by atoms with Crippen LogP contribution in [0.3, 0.4) is 0 Å². The van der Waals surface area contributed by atoms with Crippen molar-refractivity contribution >= 4 is 46.3 Å². The van der Waals surface area contributed by atoms with Gasteiger partial charge >= 0.3 is 0 Å². The van der Waals surface area contributed by atoms with Gasteiger partial charge in [-0.25, -0.2) is 4.99 Å². The number of nitrogens with two attached hydrogens (primary N) is 1. The number of likely N-dealkylation sites (N-methyl/N-ethyl adjacent to an activating group) is 1. The Hall–Kier alpha value is -7.04. The van der Waals surface area contributed by atoms with Crippen LogP contribution in [0.2, 0.25) is 0 Å². The van der Waals surface area contributed by atoms with Crippen LogP contribution in [0.5, 0.6) is 5.75 Å². The van der Waals surface area contributed by atoms with Crippen molar-refractivity contribution in [3.63, 3.8) is 0 Å². The number of nitrogens with one attached hydrogen (secondary N) is 6. The van der Waals surface area contributed by atoms with Crippen LogP contribution in [0, 0.1) is 10.1 Å². The quantitative estimate of drug-likeness (QED) is 0.0309. The van der Waals surface area contributed by atoms with Crippen LogP contribution in [-0.4, -0.2) is 83.3 Å². The number of rotatable bonds is 18. The average molecular weight is 782 g/mol. The third kappa shape index (κ3) is 14.0. The number of benzene rings is 4. The Bertz CT molecular complexity index is 2060. The van der Waals surface area contributed by atoms with Crippen molar-refractivity contribution < 1.29 is 34.0 Å². The molecule has 0 radical (unpaired) electrons. The van der Waals surface area contributed by atoms with E-state index >= 15 is 0 Å². The van der Waals surface area contributed by atoms with Crippen LogP contribution in [-0.2, 0) is 43.2 Å². The lowest BCUT2D eigenvalue weighted by molar-refractivity contribution is -0.480. The van der Waals surface area contributed by atoms with E-state index in [-0.39, 0.29) is 37.9 Å². The van der Waals surface area contributed by atoms with E-state index in [0.717, 1.165) is 16.3 Å². The van der Waals surface area contributed by atoms with Gasteiger partial charge in [0.2, 0.25) is 36.1 Å². The van der Waals surface area contributed by atoms with Gasteiger partial charge in [0, 0.05) is 44.6 Å². The molecule has 0 unspecified atom stereocenters. The van der Waals surface area contributed by atoms with Crippen molar-refractivity contribution in [1.29, 1.82) is 0 Å². The number of nitrogens with zero attached hydrogens (tertiary/aromatic N) is 2. The lowest BCUT2D eigenvalue weighted by Crippen LogP contribution is -2.58. The Morgan fingerprint density at radius 2 is 1.26 bits per heavy atom. The van der Waals surface area contributed by atoms with Crippen molar-refractivity contribution in [3.05, 3.63) is 124 Å².